The van der Waals surface area contributed by atoms with Gasteiger partial charge in [-0.25, -0.2) is 12.8 Å². The number of rotatable bonds is 6. The number of halogens is 1. The van der Waals surface area contributed by atoms with E-state index in [1.165, 1.54) is 12.1 Å². The van der Waals surface area contributed by atoms with Gasteiger partial charge in [-0.15, -0.1) is 0 Å². The third-order valence-electron chi connectivity index (χ3n) is 2.82. The van der Waals surface area contributed by atoms with Crippen molar-refractivity contribution in [2.45, 2.75) is 26.3 Å². The monoisotopic (exact) mass is 302 g/mol. The average Bonchev–Trinajstić information content (AvgIpc) is 2.36. The van der Waals surface area contributed by atoms with Crippen LogP contribution in [0.3, 0.4) is 0 Å². The van der Waals surface area contributed by atoms with Crippen LogP contribution in [0.15, 0.2) is 24.3 Å². The summed E-state index contributed by atoms with van der Waals surface area (Å²) in [7, 11) is -3.62. The van der Waals surface area contributed by atoms with Crippen LogP contribution >= 0.6 is 0 Å². The molecule has 1 rings (SSSR count). The van der Waals surface area contributed by atoms with Gasteiger partial charge in [0.05, 0.1) is 11.9 Å². The minimum Gasteiger partial charge on any atom is -0.352 e. The van der Waals surface area contributed by atoms with E-state index in [0.717, 1.165) is 29.1 Å². The van der Waals surface area contributed by atoms with Crippen molar-refractivity contribution in [1.29, 1.82) is 0 Å². The molecule has 0 aliphatic heterocycles. The SMILES string of the molecule is CC[C@H](C)NC(=O)CN(c1ccc(F)cc1)S(C)(=O)=O. The molecule has 0 aromatic heterocycles. The van der Waals surface area contributed by atoms with Gasteiger partial charge >= 0.3 is 0 Å². The summed E-state index contributed by atoms with van der Waals surface area (Å²) in [5.41, 5.74) is 0.258. The van der Waals surface area contributed by atoms with Crippen LogP contribution in [-0.4, -0.2) is 33.2 Å². The molecule has 0 unspecified atom stereocenters. The average molecular weight is 302 g/mol. The second-order valence-electron chi connectivity index (χ2n) is 4.62. The zero-order chi connectivity index (χ0) is 15.3. The molecule has 7 heteroatoms. The van der Waals surface area contributed by atoms with Crippen molar-refractivity contribution in [3.63, 3.8) is 0 Å². The van der Waals surface area contributed by atoms with Gasteiger partial charge in [0.15, 0.2) is 0 Å². The Kier molecular flexibility index (Phi) is 5.50. The fraction of sp³-hybridized carbons (Fsp3) is 0.462. The Bertz CT molecular complexity index is 557. The number of hydrogen-bond donors (Lipinski definition) is 1. The second kappa shape index (κ2) is 6.69. The van der Waals surface area contributed by atoms with Crippen molar-refractivity contribution in [3.05, 3.63) is 30.1 Å². The van der Waals surface area contributed by atoms with Crippen molar-refractivity contribution in [2.75, 3.05) is 17.1 Å². The molecule has 1 N–H and O–H groups in total. The second-order valence-corrected chi connectivity index (χ2v) is 6.53. The number of carbonyl (C=O) groups excluding carboxylic acids is 1. The molecule has 1 aromatic carbocycles. The number of amides is 1. The number of sulfonamides is 1. The van der Waals surface area contributed by atoms with E-state index in [2.05, 4.69) is 5.32 Å². The molecule has 20 heavy (non-hydrogen) atoms. The molecule has 0 radical (unpaired) electrons. The molecule has 0 bridgehead atoms. The number of hydrogen-bond acceptors (Lipinski definition) is 3. The van der Waals surface area contributed by atoms with Gasteiger partial charge in [0.25, 0.3) is 0 Å². The Hall–Kier alpha value is -1.63. The van der Waals surface area contributed by atoms with E-state index in [9.17, 15) is 17.6 Å². The molecule has 0 fully saturated rings. The first-order valence-corrected chi connectivity index (χ1v) is 8.11. The van der Waals surface area contributed by atoms with Crippen LogP contribution < -0.4 is 9.62 Å². The highest BCUT2D eigenvalue weighted by Crippen LogP contribution is 2.17. The Balaban J connectivity index is 2.92. The molecule has 5 nitrogen and oxygen atoms in total. The maximum absolute atomic E-state index is 12.9. The minimum absolute atomic E-state index is 0.0304. The lowest BCUT2D eigenvalue weighted by atomic mass is 10.2. The van der Waals surface area contributed by atoms with Gasteiger partial charge in [-0.3, -0.25) is 9.10 Å². The summed E-state index contributed by atoms with van der Waals surface area (Å²) in [6.07, 6.45) is 1.76. The van der Waals surface area contributed by atoms with E-state index >= 15 is 0 Å². The van der Waals surface area contributed by atoms with E-state index in [1.54, 1.807) is 0 Å². The molecular weight excluding hydrogens is 283 g/mol. The summed E-state index contributed by atoms with van der Waals surface area (Å²) in [6, 6.07) is 4.93. The number of nitrogens with zero attached hydrogens (tertiary/aromatic N) is 1. The number of nitrogens with one attached hydrogen (secondary N) is 1. The molecule has 0 aliphatic carbocycles. The molecule has 0 heterocycles. The summed E-state index contributed by atoms with van der Waals surface area (Å²) in [5.74, 6) is -0.861. The van der Waals surface area contributed by atoms with E-state index in [-0.39, 0.29) is 18.3 Å². The Morgan fingerprint density at radius 1 is 1.35 bits per heavy atom. The lowest BCUT2D eigenvalue weighted by Crippen LogP contribution is -2.43. The standard InChI is InChI=1S/C13H19FN2O3S/c1-4-10(2)15-13(17)9-16(20(3,18)19)12-7-5-11(14)6-8-12/h5-8,10H,4,9H2,1-3H3,(H,15,17)/t10-/m0/s1. The number of anilines is 1. The van der Waals surface area contributed by atoms with Crippen molar-refractivity contribution < 1.29 is 17.6 Å². The Labute approximate surface area is 118 Å². The largest absolute Gasteiger partial charge is 0.352 e. The van der Waals surface area contributed by atoms with Crippen molar-refractivity contribution >= 4 is 21.6 Å². The van der Waals surface area contributed by atoms with E-state index in [4.69, 9.17) is 0 Å². The van der Waals surface area contributed by atoms with Crippen LogP contribution in [0.25, 0.3) is 0 Å². The van der Waals surface area contributed by atoms with Gasteiger partial charge in [-0.1, -0.05) is 6.92 Å². The number of carbonyl (C=O) groups is 1. The molecule has 112 valence electrons. The van der Waals surface area contributed by atoms with Crippen LogP contribution in [0.1, 0.15) is 20.3 Å². The molecule has 0 saturated carbocycles. The predicted octanol–water partition coefficient (Wildman–Crippen LogP) is 1.51. The fourth-order valence-electron chi connectivity index (χ4n) is 1.56. The van der Waals surface area contributed by atoms with Gasteiger partial charge in [-0.2, -0.15) is 0 Å². The third kappa shape index (κ3) is 4.80. The van der Waals surface area contributed by atoms with Crippen LogP contribution in [0.2, 0.25) is 0 Å². The topological polar surface area (TPSA) is 66.5 Å². The van der Waals surface area contributed by atoms with Crippen LogP contribution in [0.4, 0.5) is 10.1 Å². The predicted molar refractivity (Wildman–Crippen MR) is 76.5 cm³/mol. The first kappa shape index (κ1) is 16.4. The van der Waals surface area contributed by atoms with Crippen LogP contribution in [-0.2, 0) is 14.8 Å². The quantitative estimate of drug-likeness (QED) is 0.866. The van der Waals surface area contributed by atoms with E-state index in [1.807, 2.05) is 13.8 Å². The summed E-state index contributed by atoms with van der Waals surface area (Å²) in [6.45, 7) is 3.43. The normalized spacial score (nSPS) is 12.8. The molecular formula is C13H19FN2O3S. The zero-order valence-corrected chi connectivity index (χ0v) is 12.6. The van der Waals surface area contributed by atoms with Crippen LogP contribution in [0, 0.1) is 5.82 Å². The lowest BCUT2D eigenvalue weighted by molar-refractivity contribution is -0.120. The third-order valence-corrected chi connectivity index (χ3v) is 3.96. The molecule has 0 aliphatic rings. The minimum atomic E-state index is -3.62. The van der Waals surface area contributed by atoms with Crippen molar-refractivity contribution in [2.24, 2.45) is 0 Å². The summed E-state index contributed by atoms with van der Waals surface area (Å²) in [4.78, 5) is 11.8. The Morgan fingerprint density at radius 3 is 2.35 bits per heavy atom. The zero-order valence-electron chi connectivity index (χ0n) is 11.8. The highest BCUT2D eigenvalue weighted by Gasteiger charge is 2.21. The first-order chi connectivity index (χ1) is 9.24. The fourth-order valence-corrected chi connectivity index (χ4v) is 2.42. The maximum atomic E-state index is 12.9. The first-order valence-electron chi connectivity index (χ1n) is 6.26. The summed E-state index contributed by atoms with van der Waals surface area (Å²) < 4.78 is 37.3. The van der Waals surface area contributed by atoms with Gasteiger partial charge in [-0.05, 0) is 37.6 Å². The maximum Gasteiger partial charge on any atom is 0.240 e. The van der Waals surface area contributed by atoms with Gasteiger partial charge in [0, 0.05) is 6.04 Å². The van der Waals surface area contributed by atoms with Gasteiger partial charge in [0.1, 0.15) is 12.4 Å². The molecule has 1 atom stereocenters. The summed E-state index contributed by atoms with van der Waals surface area (Å²) in [5, 5.41) is 2.69. The van der Waals surface area contributed by atoms with Gasteiger partial charge < -0.3 is 5.32 Å². The van der Waals surface area contributed by atoms with Crippen LogP contribution in [0.5, 0.6) is 0 Å². The van der Waals surface area contributed by atoms with Crippen molar-refractivity contribution in [3.8, 4) is 0 Å². The highest BCUT2D eigenvalue weighted by molar-refractivity contribution is 7.92. The van der Waals surface area contributed by atoms with E-state index < -0.39 is 21.7 Å². The highest BCUT2D eigenvalue weighted by atomic mass is 32.2. The Morgan fingerprint density at radius 2 is 1.90 bits per heavy atom. The summed E-state index contributed by atoms with van der Waals surface area (Å²) >= 11 is 0. The van der Waals surface area contributed by atoms with E-state index in [0.29, 0.717) is 0 Å². The van der Waals surface area contributed by atoms with Crippen molar-refractivity contribution in [1.82, 2.24) is 5.32 Å². The smallest absolute Gasteiger partial charge is 0.240 e. The number of benzene rings is 1. The van der Waals surface area contributed by atoms with Gasteiger partial charge in [0.2, 0.25) is 15.9 Å². The molecule has 0 saturated heterocycles. The molecule has 1 aromatic rings. The molecule has 0 spiro atoms. The lowest BCUT2D eigenvalue weighted by Gasteiger charge is -2.22. The molecule has 1 amide bonds.